The zero-order valence-electron chi connectivity index (χ0n) is 11.1. The Labute approximate surface area is 114 Å². The summed E-state index contributed by atoms with van der Waals surface area (Å²) in [7, 11) is 0. The highest BCUT2D eigenvalue weighted by Gasteiger charge is 2.29. The molecule has 0 saturated carbocycles. The first-order valence-electron chi connectivity index (χ1n) is 7.16. The van der Waals surface area contributed by atoms with Gasteiger partial charge in [-0.25, -0.2) is 0 Å². The fourth-order valence-corrected chi connectivity index (χ4v) is 2.92. The van der Waals surface area contributed by atoms with Crippen LogP contribution in [0.3, 0.4) is 0 Å². The summed E-state index contributed by atoms with van der Waals surface area (Å²) in [6, 6.07) is 7.73. The zero-order chi connectivity index (χ0) is 13.1. The lowest BCUT2D eigenvalue weighted by molar-refractivity contribution is -0.117. The van der Waals surface area contributed by atoms with Crippen LogP contribution in [0.25, 0.3) is 0 Å². The third-order valence-corrected chi connectivity index (χ3v) is 3.97. The smallest absolute Gasteiger partial charge is 0.246 e. The third-order valence-electron chi connectivity index (χ3n) is 3.97. The lowest BCUT2D eigenvalue weighted by Gasteiger charge is -2.15. The van der Waals surface area contributed by atoms with Crippen molar-refractivity contribution in [1.29, 1.82) is 0 Å². The number of allylic oxidation sites excluding steroid dienone is 1. The SMILES string of the molecule is O=C1Nc2ccccc2C1NCCC1=CCCCC1. The van der Waals surface area contributed by atoms with Crippen LogP contribution in [0.2, 0.25) is 0 Å². The van der Waals surface area contributed by atoms with Crippen molar-refractivity contribution < 1.29 is 4.79 Å². The highest BCUT2D eigenvalue weighted by atomic mass is 16.2. The molecule has 1 amide bonds. The number of amides is 1. The van der Waals surface area contributed by atoms with Gasteiger partial charge in [-0.1, -0.05) is 29.8 Å². The Morgan fingerprint density at radius 2 is 2.16 bits per heavy atom. The summed E-state index contributed by atoms with van der Waals surface area (Å²) >= 11 is 0. The molecule has 1 aliphatic heterocycles. The van der Waals surface area contributed by atoms with E-state index >= 15 is 0 Å². The summed E-state index contributed by atoms with van der Waals surface area (Å²) in [4.78, 5) is 11.9. The van der Waals surface area contributed by atoms with E-state index < -0.39 is 0 Å². The summed E-state index contributed by atoms with van der Waals surface area (Å²) in [5.41, 5.74) is 3.57. The molecule has 1 heterocycles. The van der Waals surface area contributed by atoms with Gasteiger partial charge in [-0.15, -0.1) is 0 Å². The number of benzene rings is 1. The van der Waals surface area contributed by atoms with Gasteiger partial charge in [-0.2, -0.15) is 0 Å². The molecule has 3 heteroatoms. The maximum atomic E-state index is 11.9. The van der Waals surface area contributed by atoms with E-state index in [-0.39, 0.29) is 11.9 Å². The average Bonchev–Trinajstić information content (AvgIpc) is 2.76. The molecule has 1 unspecified atom stereocenters. The topological polar surface area (TPSA) is 41.1 Å². The van der Waals surface area contributed by atoms with Crippen LogP contribution in [0, 0.1) is 0 Å². The average molecular weight is 256 g/mol. The van der Waals surface area contributed by atoms with Crippen molar-refractivity contribution in [3.05, 3.63) is 41.5 Å². The van der Waals surface area contributed by atoms with Crippen LogP contribution in [0.15, 0.2) is 35.9 Å². The molecule has 3 rings (SSSR count). The maximum Gasteiger partial charge on any atom is 0.246 e. The lowest BCUT2D eigenvalue weighted by atomic mass is 9.97. The monoisotopic (exact) mass is 256 g/mol. The van der Waals surface area contributed by atoms with Crippen LogP contribution in [0.4, 0.5) is 5.69 Å². The molecule has 0 spiro atoms. The molecular formula is C16H20N2O. The van der Waals surface area contributed by atoms with Crippen molar-refractivity contribution in [2.24, 2.45) is 0 Å². The largest absolute Gasteiger partial charge is 0.324 e. The normalized spacial score (nSPS) is 21.8. The number of nitrogens with one attached hydrogen (secondary N) is 2. The van der Waals surface area contributed by atoms with Crippen LogP contribution >= 0.6 is 0 Å². The predicted molar refractivity (Wildman–Crippen MR) is 77.0 cm³/mol. The van der Waals surface area contributed by atoms with Gasteiger partial charge < -0.3 is 10.6 Å². The summed E-state index contributed by atoms with van der Waals surface area (Å²) < 4.78 is 0. The van der Waals surface area contributed by atoms with Crippen molar-refractivity contribution in [3.63, 3.8) is 0 Å². The first-order valence-corrected chi connectivity index (χ1v) is 7.16. The number of para-hydroxylation sites is 1. The van der Waals surface area contributed by atoms with Gasteiger partial charge in [0.15, 0.2) is 0 Å². The fourth-order valence-electron chi connectivity index (χ4n) is 2.92. The van der Waals surface area contributed by atoms with Crippen molar-refractivity contribution in [3.8, 4) is 0 Å². The van der Waals surface area contributed by atoms with E-state index in [1.54, 1.807) is 5.57 Å². The predicted octanol–water partition coefficient (Wildman–Crippen LogP) is 3.16. The molecule has 0 saturated heterocycles. The second-order valence-electron chi connectivity index (χ2n) is 5.32. The van der Waals surface area contributed by atoms with Crippen LogP contribution in [0.1, 0.15) is 43.7 Å². The van der Waals surface area contributed by atoms with Crippen LogP contribution in [-0.2, 0) is 4.79 Å². The van der Waals surface area contributed by atoms with Gasteiger partial charge in [0.05, 0.1) is 0 Å². The number of fused-ring (bicyclic) bond motifs is 1. The quantitative estimate of drug-likeness (QED) is 0.812. The Bertz CT molecular complexity index is 507. The number of hydrogen-bond donors (Lipinski definition) is 2. The maximum absolute atomic E-state index is 11.9. The Morgan fingerprint density at radius 1 is 1.26 bits per heavy atom. The molecule has 2 N–H and O–H groups in total. The number of carbonyl (C=O) groups is 1. The Balaban J connectivity index is 1.58. The van der Waals surface area contributed by atoms with E-state index in [1.165, 1.54) is 25.7 Å². The van der Waals surface area contributed by atoms with Gasteiger partial charge in [0.25, 0.3) is 0 Å². The number of rotatable bonds is 4. The number of hydrogen-bond acceptors (Lipinski definition) is 2. The fraction of sp³-hybridized carbons (Fsp3) is 0.438. The molecular weight excluding hydrogens is 236 g/mol. The first kappa shape index (κ1) is 12.4. The van der Waals surface area contributed by atoms with Crippen molar-refractivity contribution >= 4 is 11.6 Å². The van der Waals surface area contributed by atoms with Gasteiger partial charge in [0.2, 0.25) is 5.91 Å². The van der Waals surface area contributed by atoms with E-state index in [2.05, 4.69) is 16.7 Å². The first-order chi connectivity index (χ1) is 9.34. The Hall–Kier alpha value is -1.61. The number of anilines is 1. The standard InChI is InChI=1S/C16H20N2O/c19-16-15(13-8-4-5-9-14(13)18-16)17-11-10-12-6-2-1-3-7-12/h4-6,8-9,15,17H,1-3,7,10-11H2,(H,18,19). The van der Waals surface area contributed by atoms with Crippen LogP contribution < -0.4 is 10.6 Å². The summed E-state index contributed by atoms with van der Waals surface area (Å²) in [5.74, 6) is 0.0684. The highest BCUT2D eigenvalue weighted by Crippen LogP contribution is 2.30. The molecule has 0 radical (unpaired) electrons. The number of carbonyl (C=O) groups excluding carboxylic acids is 1. The van der Waals surface area contributed by atoms with E-state index in [9.17, 15) is 4.79 Å². The Morgan fingerprint density at radius 3 is 3.00 bits per heavy atom. The molecule has 1 aliphatic carbocycles. The molecule has 0 fully saturated rings. The molecule has 0 aromatic heterocycles. The van der Waals surface area contributed by atoms with E-state index in [1.807, 2.05) is 24.3 Å². The van der Waals surface area contributed by atoms with E-state index in [4.69, 9.17) is 0 Å². The Kier molecular flexibility index (Phi) is 3.65. The summed E-state index contributed by atoms with van der Waals surface area (Å²) in [5, 5.41) is 6.30. The molecule has 2 aliphatic rings. The van der Waals surface area contributed by atoms with Crippen molar-refractivity contribution in [2.45, 2.75) is 38.1 Å². The lowest BCUT2D eigenvalue weighted by Crippen LogP contribution is -2.28. The molecule has 1 atom stereocenters. The minimum Gasteiger partial charge on any atom is -0.324 e. The van der Waals surface area contributed by atoms with Gasteiger partial charge in [-0.05, 0) is 44.7 Å². The van der Waals surface area contributed by atoms with Gasteiger partial charge in [-0.3, -0.25) is 4.79 Å². The second kappa shape index (κ2) is 5.57. The molecule has 1 aromatic rings. The van der Waals surface area contributed by atoms with E-state index in [0.717, 1.165) is 24.2 Å². The zero-order valence-corrected chi connectivity index (χ0v) is 11.1. The van der Waals surface area contributed by atoms with Crippen molar-refractivity contribution in [1.82, 2.24) is 5.32 Å². The van der Waals surface area contributed by atoms with Gasteiger partial charge >= 0.3 is 0 Å². The molecule has 19 heavy (non-hydrogen) atoms. The van der Waals surface area contributed by atoms with Crippen molar-refractivity contribution in [2.75, 3.05) is 11.9 Å². The minimum absolute atomic E-state index is 0.0684. The third kappa shape index (κ3) is 2.71. The summed E-state index contributed by atoms with van der Waals surface area (Å²) in [6.07, 6.45) is 8.53. The molecule has 1 aromatic carbocycles. The molecule has 3 nitrogen and oxygen atoms in total. The van der Waals surface area contributed by atoms with Gasteiger partial charge in [0.1, 0.15) is 6.04 Å². The van der Waals surface area contributed by atoms with Gasteiger partial charge in [0, 0.05) is 11.3 Å². The minimum atomic E-state index is -0.180. The highest BCUT2D eigenvalue weighted by molar-refractivity contribution is 6.02. The molecule has 100 valence electrons. The van der Waals surface area contributed by atoms with Crippen LogP contribution in [-0.4, -0.2) is 12.5 Å². The summed E-state index contributed by atoms with van der Waals surface area (Å²) in [6.45, 7) is 0.873. The molecule has 0 bridgehead atoms. The second-order valence-corrected chi connectivity index (χ2v) is 5.32. The van der Waals surface area contributed by atoms with Crippen LogP contribution in [0.5, 0.6) is 0 Å². The van der Waals surface area contributed by atoms with E-state index in [0.29, 0.717) is 0 Å².